The maximum absolute atomic E-state index is 12.3. The van der Waals surface area contributed by atoms with Crippen LogP contribution in [0.25, 0.3) is 11.5 Å². The van der Waals surface area contributed by atoms with E-state index in [1.54, 1.807) is 6.92 Å². The fourth-order valence-corrected chi connectivity index (χ4v) is 3.26. The number of sulfone groups is 1. The van der Waals surface area contributed by atoms with Crippen molar-refractivity contribution >= 4 is 21.8 Å². The summed E-state index contributed by atoms with van der Waals surface area (Å²) in [5, 5.41) is 10.2. The average Bonchev–Trinajstić information content (AvgIpc) is 3.10. The molecule has 0 bridgehead atoms. The molecule has 1 amide bonds. The lowest BCUT2D eigenvalue weighted by Gasteiger charge is -2.04. The van der Waals surface area contributed by atoms with Gasteiger partial charge in [0.25, 0.3) is 5.91 Å². The number of anilines is 1. The zero-order valence-corrected chi connectivity index (χ0v) is 15.1. The van der Waals surface area contributed by atoms with Crippen LogP contribution in [0.4, 0.5) is 6.01 Å². The van der Waals surface area contributed by atoms with Gasteiger partial charge in [0.2, 0.25) is 5.89 Å². The van der Waals surface area contributed by atoms with E-state index in [1.807, 2.05) is 31.2 Å². The van der Waals surface area contributed by atoms with Crippen LogP contribution in [0.5, 0.6) is 0 Å². The fraction of sp³-hybridized carbons (Fsp3) is 0.167. The maximum Gasteiger partial charge on any atom is 0.322 e. The summed E-state index contributed by atoms with van der Waals surface area (Å²) in [5.41, 5.74) is 1.98. The number of amides is 1. The molecule has 0 spiro atoms. The second kappa shape index (κ2) is 7.09. The van der Waals surface area contributed by atoms with Crippen molar-refractivity contribution in [2.24, 2.45) is 0 Å². The zero-order chi connectivity index (χ0) is 18.7. The van der Waals surface area contributed by atoms with Gasteiger partial charge in [-0.1, -0.05) is 35.8 Å². The van der Waals surface area contributed by atoms with Crippen LogP contribution in [0.1, 0.15) is 22.8 Å². The van der Waals surface area contributed by atoms with Crippen molar-refractivity contribution in [3.8, 4) is 11.5 Å². The lowest BCUT2D eigenvalue weighted by atomic mass is 10.1. The number of aryl methyl sites for hydroxylation is 1. The summed E-state index contributed by atoms with van der Waals surface area (Å²) in [6.45, 7) is 3.49. The maximum atomic E-state index is 12.3. The molecule has 134 valence electrons. The molecule has 0 fully saturated rings. The Kier molecular flexibility index (Phi) is 4.85. The Bertz CT molecular complexity index is 1060. The Hall–Kier alpha value is -3.00. The Morgan fingerprint density at radius 2 is 1.88 bits per heavy atom. The van der Waals surface area contributed by atoms with E-state index >= 15 is 0 Å². The third-order valence-corrected chi connectivity index (χ3v) is 5.48. The van der Waals surface area contributed by atoms with Gasteiger partial charge in [-0.15, -0.1) is 5.10 Å². The summed E-state index contributed by atoms with van der Waals surface area (Å²) in [6.07, 6.45) is 0. The van der Waals surface area contributed by atoms with Gasteiger partial charge in [-0.05, 0) is 37.3 Å². The van der Waals surface area contributed by atoms with Crippen molar-refractivity contribution in [1.29, 1.82) is 0 Å². The number of hydrogen-bond acceptors (Lipinski definition) is 6. The van der Waals surface area contributed by atoms with Gasteiger partial charge in [-0.3, -0.25) is 10.1 Å². The zero-order valence-electron chi connectivity index (χ0n) is 14.3. The molecule has 3 rings (SSSR count). The number of carbonyl (C=O) groups excluding carboxylic acids is 1. The summed E-state index contributed by atoms with van der Waals surface area (Å²) >= 11 is 0. The van der Waals surface area contributed by atoms with Crippen LogP contribution in [0.3, 0.4) is 0 Å². The van der Waals surface area contributed by atoms with Gasteiger partial charge >= 0.3 is 6.01 Å². The quantitative estimate of drug-likeness (QED) is 0.739. The molecule has 0 aliphatic carbocycles. The van der Waals surface area contributed by atoms with Crippen LogP contribution in [-0.2, 0) is 9.84 Å². The first-order valence-corrected chi connectivity index (χ1v) is 9.59. The molecule has 8 heteroatoms. The third-order valence-electron chi connectivity index (χ3n) is 3.75. The number of nitrogens with zero attached hydrogens (tertiary/aromatic N) is 2. The van der Waals surface area contributed by atoms with Crippen LogP contribution in [0, 0.1) is 6.92 Å². The number of hydrogen-bond donors (Lipinski definition) is 1. The average molecular weight is 371 g/mol. The van der Waals surface area contributed by atoms with E-state index in [0.29, 0.717) is 0 Å². The van der Waals surface area contributed by atoms with Crippen LogP contribution < -0.4 is 5.32 Å². The molecule has 0 radical (unpaired) electrons. The topological polar surface area (TPSA) is 102 Å². The van der Waals surface area contributed by atoms with Gasteiger partial charge in [-0.25, -0.2) is 8.42 Å². The van der Waals surface area contributed by atoms with Crippen LogP contribution in [0.2, 0.25) is 0 Å². The number of benzene rings is 2. The van der Waals surface area contributed by atoms with Crippen molar-refractivity contribution in [3.63, 3.8) is 0 Å². The lowest BCUT2D eigenvalue weighted by Crippen LogP contribution is -2.13. The number of nitrogens with one attached hydrogen (secondary N) is 1. The summed E-state index contributed by atoms with van der Waals surface area (Å²) in [7, 11) is -3.39. The second-order valence-electron chi connectivity index (χ2n) is 5.67. The minimum absolute atomic E-state index is 0.0401. The van der Waals surface area contributed by atoms with Gasteiger partial charge in [0.15, 0.2) is 9.84 Å². The molecule has 1 N–H and O–H groups in total. The molecule has 1 heterocycles. The molecule has 3 aromatic rings. The van der Waals surface area contributed by atoms with Crippen molar-refractivity contribution < 1.29 is 17.6 Å². The molecule has 0 saturated carbocycles. The summed E-state index contributed by atoms with van der Waals surface area (Å²) in [5.74, 6) is -0.286. The first-order chi connectivity index (χ1) is 12.4. The van der Waals surface area contributed by atoms with Gasteiger partial charge in [0, 0.05) is 11.1 Å². The van der Waals surface area contributed by atoms with Gasteiger partial charge in [0.1, 0.15) is 0 Å². The van der Waals surface area contributed by atoms with Crippen molar-refractivity contribution in [3.05, 3.63) is 59.7 Å². The summed E-state index contributed by atoms with van der Waals surface area (Å²) in [4.78, 5) is 12.4. The first kappa shape index (κ1) is 17.8. The highest BCUT2D eigenvalue weighted by Gasteiger charge is 2.16. The minimum Gasteiger partial charge on any atom is -0.403 e. The number of carbonyl (C=O) groups is 1. The minimum atomic E-state index is -3.39. The van der Waals surface area contributed by atoms with Crippen molar-refractivity contribution in [2.45, 2.75) is 18.7 Å². The molecule has 0 atom stereocenters. The number of rotatable bonds is 5. The summed E-state index contributed by atoms with van der Waals surface area (Å²) in [6, 6.07) is 13.3. The Morgan fingerprint density at radius 3 is 2.62 bits per heavy atom. The van der Waals surface area contributed by atoms with E-state index in [9.17, 15) is 13.2 Å². The lowest BCUT2D eigenvalue weighted by molar-refractivity contribution is 0.102. The normalized spacial score (nSPS) is 11.3. The van der Waals surface area contributed by atoms with Crippen LogP contribution >= 0.6 is 0 Å². The van der Waals surface area contributed by atoms with Crippen molar-refractivity contribution in [1.82, 2.24) is 10.2 Å². The summed E-state index contributed by atoms with van der Waals surface area (Å²) < 4.78 is 29.4. The van der Waals surface area contributed by atoms with Gasteiger partial charge < -0.3 is 4.42 Å². The predicted octanol–water partition coefficient (Wildman–Crippen LogP) is 3.09. The Morgan fingerprint density at radius 1 is 1.12 bits per heavy atom. The first-order valence-electron chi connectivity index (χ1n) is 7.94. The number of aromatic nitrogens is 2. The molecule has 0 unspecified atom stereocenters. The fourth-order valence-electron chi connectivity index (χ4n) is 2.34. The largest absolute Gasteiger partial charge is 0.403 e. The highest BCUT2D eigenvalue weighted by atomic mass is 32.2. The highest BCUT2D eigenvalue weighted by molar-refractivity contribution is 7.91. The second-order valence-corrected chi connectivity index (χ2v) is 7.95. The van der Waals surface area contributed by atoms with E-state index in [-0.39, 0.29) is 28.1 Å². The van der Waals surface area contributed by atoms with E-state index in [2.05, 4.69) is 15.5 Å². The van der Waals surface area contributed by atoms with E-state index in [1.165, 1.54) is 24.3 Å². The third kappa shape index (κ3) is 3.80. The molecule has 26 heavy (non-hydrogen) atoms. The van der Waals surface area contributed by atoms with Gasteiger partial charge in [-0.2, -0.15) is 0 Å². The molecule has 2 aromatic carbocycles. The van der Waals surface area contributed by atoms with Crippen LogP contribution in [0.15, 0.2) is 57.8 Å². The molecule has 0 aliphatic rings. The van der Waals surface area contributed by atoms with Crippen molar-refractivity contribution in [2.75, 3.05) is 11.1 Å². The molecule has 0 aliphatic heterocycles. The SMILES string of the molecule is CCS(=O)(=O)c1cccc(C(=O)Nc2nnc(-c3cccc(C)c3)o2)c1. The molecule has 7 nitrogen and oxygen atoms in total. The highest BCUT2D eigenvalue weighted by Crippen LogP contribution is 2.21. The van der Waals surface area contributed by atoms with E-state index in [4.69, 9.17) is 4.42 Å². The molecule has 1 aromatic heterocycles. The van der Waals surface area contributed by atoms with E-state index < -0.39 is 15.7 Å². The molecule has 0 saturated heterocycles. The van der Waals surface area contributed by atoms with E-state index in [0.717, 1.165) is 11.1 Å². The van der Waals surface area contributed by atoms with Crippen LogP contribution in [-0.4, -0.2) is 30.3 Å². The molecular formula is C18H17N3O4S. The Balaban J connectivity index is 1.80. The molecular weight excluding hydrogens is 354 g/mol. The monoisotopic (exact) mass is 371 g/mol. The smallest absolute Gasteiger partial charge is 0.322 e. The standard InChI is InChI=1S/C18H17N3O4S/c1-3-26(23,24)15-9-5-7-13(11-15)16(22)19-18-21-20-17(25-18)14-8-4-6-12(2)10-14/h4-11H,3H2,1-2H3,(H,19,21,22). The Labute approximate surface area is 151 Å². The predicted molar refractivity (Wildman–Crippen MR) is 96.6 cm³/mol. The van der Waals surface area contributed by atoms with Gasteiger partial charge in [0.05, 0.1) is 10.6 Å².